The Bertz CT molecular complexity index is 982. The molecule has 4 rings (SSSR count). The number of anilines is 1. The highest BCUT2D eigenvalue weighted by atomic mass is 19.1. The van der Waals surface area contributed by atoms with Crippen LogP contribution >= 0.6 is 0 Å². The van der Waals surface area contributed by atoms with E-state index in [2.05, 4.69) is 9.97 Å². The number of nitrogens with two attached hydrogens (primary N) is 1. The smallest absolute Gasteiger partial charge is 0.220 e. The highest BCUT2D eigenvalue weighted by Crippen LogP contribution is 2.38. The summed E-state index contributed by atoms with van der Waals surface area (Å²) in [6.07, 6.45) is 5.06. The highest BCUT2D eigenvalue weighted by molar-refractivity contribution is 6.00. The van der Waals surface area contributed by atoms with E-state index in [9.17, 15) is 9.18 Å². The number of carbonyl (C=O) groups excluding carboxylic acids is 1. The average molecular weight is 364 g/mol. The third-order valence-corrected chi connectivity index (χ3v) is 5.26. The standard InChI is InChI=1S/C21H21FN4O/c1-12-19-17(25-21(23)24-12)10-13(11-18(19)27)14-6-3-4-7-15(14)16-8-5-9-26(2)20(16)22/h3-9,13,20H,10-11H2,1-2H3,(H2,23,24,25). The number of carbonyl (C=O) groups is 1. The molecule has 1 aromatic heterocycles. The van der Waals surface area contributed by atoms with Crippen molar-refractivity contribution < 1.29 is 9.18 Å². The first-order valence-electron chi connectivity index (χ1n) is 8.95. The fraction of sp³-hybridized carbons (Fsp3) is 0.286. The summed E-state index contributed by atoms with van der Waals surface area (Å²) in [6, 6.07) is 7.71. The molecule has 2 N–H and O–H groups in total. The predicted molar refractivity (Wildman–Crippen MR) is 103 cm³/mol. The second-order valence-corrected chi connectivity index (χ2v) is 7.07. The third-order valence-electron chi connectivity index (χ3n) is 5.26. The molecule has 5 nitrogen and oxygen atoms in total. The predicted octanol–water partition coefficient (Wildman–Crippen LogP) is 3.42. The molecule has 2 unspecified atom stereocenters. The summed E-state index contributed by atoms with van der Waals surface area (Å²) < 4.78 is 14.8. The Morgan fingerprint density at radius 1 is 1.22 bits per heavy atom. The Morgan fingerprint density at radius 2 is 2.00 bits per heavy atom. The number of alkyl halides is 1. The molecular weight excluding hydrogens is 343 g/mol. The summed E-state index contributed by atoms with van der Waals surface area (Å²) in [5, 5.41) is 0. The van der Waals surface area contributed by atoms with Gasteiger partial charge in [0.1, 0.15) is 0 Å². The normalized spacial score (nSPS) is 21.8. The lowest BCUT2D eigenvalue weighted by atomic mass is 9.78. The number of halogens is 1. The van der Waals surface area contributed by atoms with Crippen molar-refractivity contribution in [2.24, 2.45) is 0 Å². The van der Waals surface area contributed by atoms with Crippen molar-refractivity contribution in [2.75, 3.05) is 12.8 Å². The number of aromatic nitrogens is 2. The first-order chi connectivity index (χ1) is 13.0. The van der Waals surface area contributed by atoms with E-state index in [1.54, 1.807) is 26.2 Å². The van der Waals surface area contributed by atoms with Crippen LogP contribution in [-0.2, 0) is 6.42 Å². The van der Waals surface area contributed by atoms with Crippen molar-refractivity contribution in [3.63, 3.8) is 0 Å². The minimum Gasteiger partial charge on any atom is -0.368 e. The van der Waals surface area contributed by atoms with E-state index in [0.29, 0.717) is 35.4 Å². The lowest BCUT2D eigenvalue weighted by molar-refractivity contribution is 0.0962. The number of likely N-dealkylation sites (N-methyl/N-ethyl adjacent to an activating group) is 1. The zero-order valence-electron chi connectivity index (χ0n) is 15.3. The molecule has 0 bridgehead atoms. The molecule has 0 radical (unpaired) electrons. The Kier molecular flexibility index (Phi) is 4.26. The Balaban J connectivity index is 1.77. The second-order valence-electron chi connectivity index (χ2n) is 7.07. The van der Waals surface area contributed by atoms with Crippen molar-refractivity contribution in [2.45, 2.75) is 32.0 Å². The molecule has 138 valence electrons. The number of aryl methyl sites for hydroxylation is 1. The van der Waals surface area contributed by atoms with Crippen molar-refractivity contribution >= 4 is 17.3 Å². The lowest BCUT2D eigenvalue weighted by Crippen LogP contribution is -2.27. The topological polar surface area (TPSA) is 72.1 Å². The number of nitrogen functional groups attached to an aromatic ring is 1. The van der Waals surface area contributed by atoms with Gasteiger partial charge >= 0.3 is 0 Å². The molecular formula is C21H21FN4O. The molecule has 1 aliphatic heterocycles. The Morgan fingerprint density at radius 3 is 2.81 bits per heavy atom. The monoisotopic (exact) mass is 364 g/mol. The van der Waals surface area contributed by atoms with Crippen LogP contribution in [-0.4, -0.2) is 34.0 Å². The van der Waals surface area contributed by atoms with E-state index in [0.717, 1.165) is 11.1 Å². The molecule has 2 aromatic rings. The van der Waals surface area contributed by atoms with Crippen molar-refractivity contribution in [1.29, 1.82) is 0 Å². The zero-order valence-corrected chi connectivity index (χ0v) is 15.3. The van der Waals surface area contributed by atoms with Gasteiger partial charge in [0, 0.05) is 25.2 Å². The van der Waals surface area contributed by atoms with Crippen LogP contribution in [0.2, 0.25) is 0 Å². The maximum atomic E-state index is 14.8. The van der Waals surface area contributed by atoms with Crippen molar-refractivity contribution in [3.8, 4) is 0 Å². The van der Waals surface area contributed by atoms with E-state index in [-0.39, 0.29) is 17.6 Å². The van der Waals surface area contributed by atoms with Gasteiger partial charge in [0.05, 0.1) is 17.0 Å². The number of nitrogens with zero attached hydrogens (tertiary/aromatic N) is 3. The number of ketones is 1. The molecule has 27 heavy (non-hydrogen) atoms. The Hall–Kier alpha value is -3.02. The minimum absolute atomic E-state index is 0.0139. The Labute approximate surface area is 157 Å². The van der Waals surface area contributed by atoms with Gasteiger partial charge in [-0.05, 0) is 36.5 Å². The molecule has 0 fully saturated rings. The van der Waals surface area contributed by atoms with Crippen LogP contribution in [0, 0.1) is 6.92 Å². The summed E-state index contributed by atoms with van der Waals surface area (Å²) in [6.45, 7) is 1.78. The van der Waals surface area contributed by atoms with Gasteiger partial charge in [-0.2, -0.15) is 0 Å². The quantitative estimate of drug-likeness (QED) is 0.827. The maximum absolute atomic E-state index is 14.8. The first-order valence-corrected chi connectivity index (χ1v) is 8.95. The van der Waals surface area contributed by atoms with Gasteiger partial charge in [0.25, 0.3) is 0 Å². The molecule has 2 heterocycles. The van der Waals surface area contributed by atoms with Crippen LogP contribution in [0.1, 0.15) is 45.2 Å². The zero-order chi connectivity index (χ0) is 19.1. The number of Topliss-reactive ketones (excluding diaryl/α,β-unsaturated/α-hetero) is 1. The molecule has 0 amide bonds. The molecule has 2 aliphatic rings. The number of benzene rings is 1. The number of hydrogen-bond donors (Lipinski definition) is 1. The molecule has 6 heteroatoms. The first kappa shape index (κ1) is 17.4. The van der Waals surface area contributed by atoms with Gasteiger partial charge < -0.3 is 10.6 Å². The van der Waals surface area contributed by atoms with Crippen LogP contribution < -0.4 is 5.73 Å². The largest absolute Gasteiger partial charge is 0.368 e. The van der Waals surface area contributed by atoms with Gasteiger partial charge in [0.2, 0.25) is 5.95 Å². The van der Waals surface area contributed by atoms with Gasteiger partial charge in [-0.25, -0.2) is 14.4 Å². The molecule has 1 aromatic carbocycles. The maximum Gasteiger partial charge on any atom is 0.220 e. The number of rotatable bonds is 2. The van der Waals surface area contributed by atoms with Gasteiger partial charge in [-0.1, -0.05) is 30.3 Å². The number of hydrogen-bond acceptors (Lipinski definition) is 5. The summed E-state index contributed by atoms with van der Waals surface area (Å²) >= 11 is 0. The van der Waals surface area contributed by atoms with E-state index >= 15 is 0 Å². The van der Waals surface area contributed by atoms with Crippen molar-refractivity contribution in [1.82, 2.24) is 14.9 Å². The lowest BCUT2D eigenvalue weighted by Gasteiger charge is -2.29. The third kappa shape index (κ3) is 3.01. The summed E-state index contributed by atoms with van der Waals surface area (Å²) in [7, 11) is 1.71. The van der Waals surface area contributed by atoms with E-state index < -0.39 is 6.30 Å². The van der Waals surface area contributed by atoms with Gasteiger partial charge in [0.15, 0.2) is 12.1 Å². The second kappa shape index (κ2) is 6.61. The average Bonchev–Trinajstić information content (AvgIpc) is 2.63. The van der Waals surface area contributed by atoms with E-state index in [4.69, 9.17) is 5.73 Å². The fourth-order valence-electron chi connectivity index (χ4n) is 4.01. The van der Waals surface area contributed by atoms with E-state index in [1.165, 1.54) is 4.90 Å². The SMILES string of the molecule is Cc1nc(N)nc2c1C(=O)CC(c1ccccc1C1=CC=CN(C)C1F)C2. The molecule has 0 saturated heterocycles. The number of allylic oxidation sites excluding steroid dienone is 2. The molecule has 1 aliphatic carbocycles. The minimum atomic E-state index is -1.22. The fourth-order valence-corrected chi connectivity index (χ4v) is 4.01. The van der Waals surface area contributed by atoms with Gasteiger partial charge in [-0.15, -0.1) is 0 Å². The molecule has 0 saturated carbocycles. The van der Waals surface area contributed by atoms with Gasteiger partial charge in [-0.3, -0.25) is 4.79 Å². The highest BCUT2D eigenvalue weighted by Gasteiger charge is 2.32. The molecule has 0 spiro atoms. The number of fused-ring (bicyclic) bond motifs is 1. The van der Waals surface area contributed by atoms with Crippen LogP contribution in [0.3, 0.4) is 0 Å². The van der Waals surface area contributed by atoms with E-state index in [1.807, 2.05) is 30.3 Å². The van der Waals surface area contributed by atoms with Crippen molar-refractivity contribution in [3.05, 3.63) is 70.7 Å². The summed E-state index contributed by atoms with van der Waals surface area (Å²) in [4.78, 5) is 22.7. The molecule has 2 atom stereocenters. The van der Waals surface area contributed by atoms with Crippen LogP contribution in [0.4, 0.5) is 10.3 Å². The summed E-state index contributed by atoms with van der Waals surface area (Å²) in [5.41, 5.74) is 10.1. The van der Waals surface area contributed by atoms with Crippen LogP contribution in [0.5, 0.6) is 0 Å². The summed E-state index contributed by atoms with van der Waals surface area (Å²) in [5.74, 6) is 0.123. The van der Waals surface area contributed by atoms with Crippen LogP contribution in [0.15, 0.2) is 42.6 Å². The van der Waals surface area contributed by atoms with Crippen LogP contribution in [0.25, 0.3) is 5.57 Å².